The van der Waals surface area contributed by atoms with Gasteiger partial charge in [-0.1, -0.05) is 19.3 Å². The maximum atomic E-state index is 5.59. The molecule has 5 heteroatoms. The van der Waals surface area contributed by atoms with Crippen LogP contribution in [0.1, 0.15) is 32.1 Å². The zero-order valence-electron chi connectivity index (χ0n) is 9.13. The highest BCUT2D eigenvalue weighted by molar-refractivity contribution is 7.34. The average molecular weight is 246 g/mol. The van der Waals surface area contributed by atoms with E-state index < -0.39 is 0 Å². The lowest BCUT2D eigenvalue weighted by Crippen LogP contribution is -2.48. The van der Waals surface area contributed by atoms with Crippen LogP contribution in [0.5, 0.6) is 0 Å². The van der Waals surface area contributed by atoms with Gasteiger partial charge in [-0.25, -0.2) is 0 Å². The molecule has 0 aromatic rings. The molecule has 1 saturated carbocycles. The molecule has 82 valence electrons. The second-order valence-corrected chi connectivity index (χ2v) is 19.7. The summed E-state index contributed by atoms with van der Waals surface area (Å²) in [5.41, 5.74) is 0. The molecule has 1 heterocycles. The smallest absolute Gasteiger partial charge is 0.142 e. The predicted molar refractivity (Wildman–Crippen MR) is 69.6 cm³/mol. The first-order chi connectivity index (χ1) is 6.95. The molecule has 1 atom stereocenters. The standard InChI is InChI=1S/C9H23NOSi3/c1-2-4-9(5-3-1)8-10-14-7-6-11-12-13-14/h9-10,14H,1-8,12-13H2. The molecule has 14 heavy (non-hydrogen) atoms. The van der Waals surface area contributed by atoms with Crippen LogP contribution >= 0.6 is 0 Å². The first-order valence-electron chi connectivity index (χ1n) is 6.26. The van der Waals surface area contributed by atoms with Crippen LogP contribution in [0.15, 0.2) is 0 Å². The van der Waals surface area contributed by atoms with Gasteiger partial charge < -0.3 is 9.41 Å². The minimum absolute atomic E-state index is 0.0505. The van der Waals surface area contributed by atoms with Crippen molar-refractivity contribution in [2.24, 2.45) is 5.92 Å². The molecule has 2 fully saturated rings. The molecule has 0 aromatic heterocycles. The molecule has 2 rings (SSSR count). The monoisotopic (exact) mass is 245 g/mol. The molecular weight excluding hydrogens is 222 g/mol. The zero-order valence-corrected chi connectivity index (χ0v) is 13.1. The second kappa shape index (κ2) is 6.22. The number of nitrogens with one attached hydrogen (secondary N) is 1. The van der Waals surface area contributed by atoms with E-state index in [1.165, 1.54) is 44.7 Å². The fourth-order valence-electron chi connectivity index (χ4n) is 2.63. The molecule has 0 amide bonds. The highest BCUT2D eigenvalue weighted by Crippen LogP contribution is 2.22. The van der Waals surface area contributed by atoms with Gasteiger partial charge in [0.25, 0.3) is 0 Å². The molecule has 1 N–H and O–H groups in total. The molecule has 1 aliphatic heterocycles. The quantitative estimate of drug-likeness (QED) is 0.682. The summed E-state index contributed by atoms with van der Waals surface area (Å²) in [5.74, 6) is 1.04. The van der Waals surface area contributed by atoms with Crippen molar-refractivity contribution < 1.29 is 4.43 Å². The zero-order chi connectivity index (χ0) is 9.64. The third-order valence-electron chi connectivity index (χ3n) is 3.64. The number of hydrogen-bond acceptors (Lipinski definition) is 2. The van der Waals surface area contributed by atoms with Crippen molar-refractivity contribution in [3.63, 3.8) is 0 Å². The van der Waals surface area contributed by atoms with Crippen LogP contribution in [0.3, 0.4) is 0 Å². The van der Waals surface area contributed by atoms with Gasteiger partial charge in [0.1, 0.15) is 9.28 Å². The van der Waals surface area contributed by atoms with Crippen molar-refractivity contribution >= 4 is 26.3 Å². The lowest BCUT2D eigenvalue weighted by atomic mass is 9.90. The van der Waals surface area contributed by atoms with E-state index in [0.29, 0.717) is 8.55 Å². The van der Waals surface area contributed by atoms with Crippen molar-refractivity contribution in [3.8, 4) is 0 Å². The summed E-state index contributed by atoms with van der Waals surface area (Å²) < 4.78 is 5.59. The van der Waals surface area contributed by atoms with Gasteiger partial charge in [-0.15, -0.1) is 0 Å². The van der Waals surface area contributed by atoms with E-state index >= 15 is 0 Å². The maximum Gasteiger partial charge on any atom is 0.142 e. The van der Waals surface area contributed by atoms with E-state index in [-0.39, 0.29) is 17.8 Å². The van der Waals surface area contributed by atoms with Gasteiger partial charge in [-0.2, -0.15) is 0 Å². The Hall–Kier alpha value is 0.571. The summed E-state index contributed by atoms with van der Waals surface area (Å²) in [6.07, 6.45) is 7.49. The Kier molecular flexibility index (Phi) is 4.92. The third-order valence-corrected chi connectivity index (χ3v) is 21.0. The van der Waals surface area contributed by atoms with Gasteiger partial charge in [-0.3, -0.25) is 0 Å². The van der Waals surface area contributed by atoms with Crippen molar-refractivity contribution in [2.45, 2.75) is 38.1 Å². The molecule has 1 aliphatic carbocycles. The van der Waals surface area contributed by atoms with Gasteiger partial charge >= 0.3 is 0 Å². The SMILES string of the molecule is C1CCC(CN[SiH]2CCO[SiH2][SiH2]2)CC1. The van der Waals surface area contributed by atoms with Crippen molar-refractivity contribution in [1.29, 1.82) is 0 Å². The van der Waals surface area contributed by atoms with Gasteiger partial charge in [0.15, 0.2) is 0 Å². The summed E-state index contributed by atoms with van der Waals surface area (Å²) in [7, 11) is -0.000661. The lowest BCUT2D eigenvalue weighted by Gasteiger charge is -2.26. The highest BCUT2D eigenvalue weighted by Gasteiger charge is 2.19. The minimum Gasteiger partial charge on any atom is -0.428 e. The Morgan fingerprint density at radius 2 is 2.14 bits per heavy atom. The molecular formula is C9H23NOSi3. The van der Waals surface area contributed by atoms with Gasteiger partial charge in [-0.05, 0) is 31.3 Å². The summed E-state index contributed by atoms with van der Waals surface area (Å²) in [4.78, 5) is 3.95. The molecule has 0 radical (unpaired) electrons. The topological polar surface area (TPSA) is 21.3 Å². The minimum atomic E-state index is -0.372. The summed E-state index contributed by atoms with van der Waals surface area (Å²) in [6.45, 7) is 2.49. The summed E-state index contributed by atoms with van der Waals surface area (Å²) in [6, 6.07) is 1.45. The van der Waals surface area contributed by atoms with Crippen LogP contribution in [-0.4, -0.2) is 39.5 Å². The van der Waals surface area contributed by atoms with E-state index in [1.54, 1.807) is 0 Å². The van der Waals surface area contributed by atoms with Crippen LogP contribution in [0.4, 0.5) is 0 Å². The Balaban J connectivity index is 1.60. The molecule has 0 aromatic carbocycles. The third kappa shape index (κ3) is 3.62. The normalized spacial score (nSPS) is 33.9. The van der Waals surface area contributed by atoms with E-state index in [2.05, 4.69) is 4.98 Å². The van der Waals surface area contributed by atoms with Gasteiger partial charge in [0.2, 0.25) is 0 Å². The molecule has 1 saturated heterocycles. The fourth-order valence-corrected chi connectivity index (χ4v) is 18.5. The van der Waals surface area contributed by atoms with Crippen LogP contribution < -0.4 is 4.98 Å². The van der Waals surface area contributed by atoms with Crippen LogP contribution in [0.25, 0.3) is 0 Å². The predicted octanol–water partition coefficient (Wildman–Crippen LogP) is -0.425. The van der Waals surface area contributed by atoms with E-state index in [4.69, 9.17) is 4.43 Å². The molecule has 1 unspecified atom stereocenters. The van der Waals surface area contributed by atoms with E-state index in [9.17, 15) is 0 Å². The Bertz CT molecular complexity index is 140. The van der Waals surface area contributed by atoms with E-state index in [0.717, 1.165) is 12.5 Å². The van der Waals surface area contributed by atoms with Crippen molar-refractivity contribution in [3.05, 3.63) is 0 Å². The molecule has 0 spiro atoms. The first-order valence-corrected chi connectivity index (χ1v) is 15.5. The van der Waals surface area contributed by atoms with Crippen LogP contribution in [0, 0.1) is 5.92 Å². The lowest BCUT2D eigenvalue weighted by molar-refractivity contribution is 0.353. The Labute approximate surface area is 93.2 Å². The largest absolute Gasteiger partial charge is 0.428 e. The average Bonchev–Trinajstić information content (AvgIpc) is 2.29. The summed E-state index contributed by atoms with van der Waals surface area (Å²) in [5, 5.41) is 0. The van der Waals surface area contributed by atoms with Crippen LogP contribution in [0.2, 0.25) is 6.04 Å². The second-order valence-electron chi connectivity index (χ2n) is 4.80. The maximum absolute atomic E-state index is 5.59. The Morgan fingerprint density at radius 1 is 1.29 bits per heavy atom. The van der Waals surface area contributed by atoms with Crippen molar-refractivity contribution in [1.82, 2.24) is 4.98 Å². The van der Waals surface area contributed by atoms with E-state index in [1.807, 2.05) is 0 Å². The highest BCUT2D eigenvalue weighted by atomic mass is 29.6. The molecule has 2 nitrogen and oxygen atoms in total. The van der Waals surface area contributed by atoms with Crippen LogP contribution in [-0.2, 0) is 4.43 Å². The fraction of sp³-hybridized carbons (Fsp3) is 1.00. The first kappa shape index (κ1) is 11.1. The summed E-state index contributed by atoms with van der Waals surface area (Å²) >= 11 is 0. The number of hydrogen-bond donors (Lipinski definition) is 1. The number of rotatable bonds is 3. The van der Waals surface area contributed by atoms with Gasteiger partial charge in [0, 0.05) is 6.61 Å². The molecule has 2 aliphatic rings. The van der Waals surface area contributed by atoms with Crippen molar-refractivity contribution in [2.75, 3.05) is 13.2 Å². The van der Waals surface area contributed by atoms with Gasteiger partial charge in [0.05, 0.1) is 17.0 Å². The Morgan fingerprint density at radius 3 is 2.86 bits per heavy atom. The molecule has 0 bridgehead atoms.